The summed E-state index contributed by atoms with van der Waals surface area (Å²) >= 11 is 5.27. The van der Waals surface area contributed by atoms with Crippen LogP contribution in [-0.2, 0) is 13.6 Å². The summed E-state index contributed by atoms with van der Waals surface area (Å²) in [5.74, 6) is 0. The van der Waals surface area contributed by atoms with Crippen LogP contribution in [0.5, 0.6) is 0 Å². The van der Waals surface area contributed by atoms with Crippen molar-refractivity contribution in [3.05, 3.63) is 44.8 Å². The van der Waals surface area contributed by atoms with E-state index in [9.17, 15) is 0 Å². The first-order chi connectivity index (χ1) is 7.65. The van der Waals surface area contributed by atoms with E-state index in [1.807, 2.05) is 7.05 Å². The molecule has 0 aliphatic rings. The first-order valence-electron chi connectivity index (χ1n) is 5.24. The van der Waals surface area contributed by atoms with Gasteiger partial charge in [-0.1, -0.05) is 0 Å². The van der Waals surface area contributed by atoms with Gasteiger partial charge in [0.1, 0.15) is 0 Å². The third-order valence-electron chi connectivity index (χ3n) is 2.53. The molecule has 2 aromatic heterocycles. The second-order valence-corrected chi connectivity index (χ2v) is 6.42. The molecule has 0 spiro atoms. The van der Waals surface area contributed by atoms with Gasteiger partial charge in [-0.05, 0) is 46.6 Å². The van der Waals surface area contributed by atoms with E-state index >= 15 is 0 Å². The molecule has 2 aromatic rings. The number of hydrogen-bond acceptors (Lipinski definition) is 2. The summed E-state index contributed by atoms with van der Waals surface area (Å²) in [7, 11) is 2.04. The van der Waals surface area contributed by atoms with Gasteiger partial charge in [0, 0.05) is 36.9 Å². The van der Waals surface area contributed by atoms with Gasteiger partial charge < -0.3 is 9.88 Å². The number of nitrogens with zero attached hydrogens (tertiary/aromatic N) is 1. The molecule has 86 valence electrons. The van der Waals surface area contributed by atoms with Crippen molar-refractivity contribution in [1.82, 2.24) is 9.88 Å². The van der Waals surface area contributed by atoms with Gasteiger partial charge in [-0.3, -0.25) is 0 Å². The Bertz CT molecular complexity index is 461. The predicted octanol–water partition coefficient (Wildman–Crippen LogP) is 3.70. The largest absolute Gasteiger partial charge is 0.357 e. The van der Waals surface area contributed by atoms with Gasteiger partial charge in [-0.2, -0.15) is 0 Å². The molecule has 0 aromatic carbocycles. The van der Waals surface area contributed by atoms with E-state index in [0.29, 0.717) is 6.04 Å². The Morgan fingerprint density at radius 3 is 2.81 bits per heavy atom. The van der Waals surface area contributed by atoms with Crippen molar-refractivity contribution < 1.29 is 0 Å². The fourth-order valence-corrected chi connectivity index (χ4v) is 3.05. The molecule has 1 atom stereocenters. The van der Waals surface area contributed by atoms with Crippen LogP contribution in [0.1, 0.15) is 23.4 Å². The van der Waals surface area contributed by atoms with E-state index < -0.39 is 0 Å². The highest BCUT2D eigenvalue weighted by atomic mass is 79.9. The summed E-state index contributed by atoms with van der Waals surface area (Å²) in [5.41, 5.74) is 1.32. The lowest BCUT2D eigenvalue weighted by molar-refractivity contribution is 0.582. The molecule has 2 nitrogen and oxygen atoms in total. The molecule has 4 heteroatoms. The summed E-state index contributed by atoms with van der Waals surface area (Å²) < 4.78 is 3.26. The van der Waals surface area contributed by atoms with Gasteiger partial charge in [0.25, 0.3) is 0 Å². The van der Waals surface area contributed by atoms with E-state index in [4.69, 9.17) is 0 Å². The number of rotatable bonds is 4. The van der Waals surface area contributed by atoms with Crippen LogP contribution in [0.3, 0.4) is 0 Å². The van der Waals surface area contributed by atoms with E-state index in [1.165, 1.54) is 14.2 Å². The molecule has 1 N–H and O–H groups in total. The van der Waals surface area contributed by atoms with Crippen LogP contribution in [0.15, 0.2) is 34.4 Å². The summed E-state index contributed by atoms with van der Waals surface area (Å²) in [6.45, 7) is 3.11. The first kappa shape index (κ1) is 11.9. The van der Waals surface area contributed by atoms with E-state index in [-0.39, 0.29) is 0 Å². The summed E-state index contributed by atoms with van der Waals surface area (Å²) in [6.07, 6.45) is 4.22. The van der Waals surface area contributed by atoms with Gasteiger partial charge in [-0.15, -0.1) is 11.3 Å². The van der Waals surface area contributed by atoms with Gasteiger partial charge in [0.05, 0.1) is 3.79 Å². The summed E-state index contributed by atoms with van der Waals surface area (Å²) in [6, 6.07) is 6.80. The Balaban J connectivity index is 1.91. The van der Waals surface area contributed by atoms with Crippen LogP contribution in [0.4, 0.5) is 0 Å². The second kappa shape index (κ2) is 5.17. The number of hydrogen-bond donors (Lipinski definition) is 1. The SMILES string of the molecule is CC(NCc1ccn(C)c1)c1ccc(Br)s1. The average Bonchev–Trinajstić information content (AvgIpc) is 2.84. The fraction of sp³-hybridized carbons (Fsp3) is 0.333. The third kappa shape index (κ3) is 2.97. The van der Waals surface area contributed by atoms with Crippen LogP contribution in [0.2, 0.25) is 0 Å². The Morgan fingerprint density at radius 2 is 2.25 bits per heavy atom. The molecule has 0 radical (unpaired) electrons. The number of aryl methyl sites for hydroxylation is 1. The van der Waals surface area contributed by atoms with Crippen molar-refractivity contribution in [2.75, 3.05) is 0 Å². The molecule has 0 fully saturated rings. The molecule has 16 heavy (non-hydrogen) atoms. The summed E-state index contributed by atoms with van der Waals surface area (Å²) in [5, 5.41) is 3.52. The maximum absolute atomic E-state index is 3.52. The average molecular weight is 299 g/mol. The van der Waals surface area contributed by atoms with E-state index in [1.54, 1.807) is 11.3 Å². The molecule has 0 saturated carbocycles. The van der Waals surface area contributed by atoms with Crippen LogP contribution < -0.4 is 5.32 Å². The third-order valence-corrected chi connectivity index (χ3v) is 4.33. The molecule has 2 heterocycles. The van der Waals surface area contributed by atoms with Crippen molar-refractivity contribution in [3.8, 4) is 0 Å². The topological polar surface area (TPSA) is 17.0 Å². The number of thiophene rings is 1. The lowest BCUT2D eigenvalue weighted by atomic mass is 10.2. The van der Waals surface area contributed by atoms with Gasteiger partial charge >= 0.3 is 0 Å². The quantitative estimate of drug-likeness (QED) is 0.911. The van der Waals surface area contributed by atoms with Crippen LogP contribution in [-0.4, -0.2) is 4.57 Å². The lowest BCUT2D eigenvalue weighted by Gasteiger charge is -2.10. The predicted molar refractivity (Wildman–Crippen MR) is 72.7 cm³/mol. The second-order valence-electron chi connectivity index (χ2n) is 3.93. The molecule has 0 bridgehead atoms. The highest BCUT2D eigenvalue weighted by molar-refractivity contribution is 9.11. The van der Waals surface area contributed by atoms with Crippen LogP contribution in [0, 0.1) is 0 Å². The van der Waals surface area contributed by atoms with Gasteiger partial charge in [0.2, 0.25) is 0 Å². The van der Waals surface area contributed by atoms with Crippen LogP contribution in [0.25, 0.3) is 0 Å². The fourth-order valence-electron chi connectivity index (χ4n) is 1.60. The van der Waals surface area contributed by atoms with Crippen molar-refractivity contribution in [2.45, 2.75) is 19.5 Å². The smallest absolute Gasteiger partial charge is 0.0701 e. The monoisotopic (exact) mass is 298 g/mol. The first-order valence-corrected chi connectivity index (χ1v) is 6.85. The zero-order valence-corrected chi connectivity index (χ0v) is 11.8. The molecule has 0 saturated heterocycles. The highest BCUT2D eigenvalue weighted by Crippen LogP contribution is 2.27. The molecule has 2 rings (SSSR count). The number of aromatic nitrogens is 1. The van der Waals surface area contributed by atoms with Gasteiger partial charge in [0.15, 0.2) is 0 Å². The molecule has 0 amide bonds. The minimum Gasteiger partial charge on any atom is -0.357 e. The highest BCUT2D eigenvalue weighted by Gasteiger charge is 2.07. The normalized spacial score (nSPS) is 12.9. The molecular weight excluding hydrogens is 284 g/mol. The summed E-state index contributed by atoms with van der Waals surface area (Å²) in [4.78, 5) is 1.36. The zero-order valence-electron chi connectivity index (χ0n) is 9.40. The van der Waals surface area contributed by atoms with Crippen molar-refractivity contribution in [2.24, 2.45) is 7.05 Å². The van der Waals surface area contributed by atoms with Crippen molar-refractivity contribution in [3.63, 3.8) is 0 Å². The Kier molecular flexibility index (Phi) is 3.84. The molecule has 1 unspecified atom stereocenters. The van der Waals surface area contributed by atoms with E-state index in [2.05, 4.69) is 63.3 Å². The van der Waals surface area contributed by atoms with Gasteiger partial charge in [-0.25, -0.2) is 0 Å². The zero-order chi connectivity index (χ0) is 11.5. The standard InChI is InChI=1S/C12H15BrN2S/c1-9(11-3-4-12(13)16-11)14-7-10-5-6-15(2)8-10/h3-6,8-9,14H,7H2,1-2H3. The van der Waals surface area contributed by atoms with E-state index in [0.717, 1.165) is 6.54 Å². The minimum absolute atomic E-state index is 0.400. The molecule has 0 aliphatic heterocycles. The Hall–Kier alpha value is -0.580. The maximum Gasteiger partial charge on any atom is 0.0701 e. The molecule has 0 aliphatic carbocycles. The maximum atomic E-state index is 3.52. The van der Waals surface area contributed by atoms with Crippen molar-refractivity contribution >= 4 is 27.3 Å². The molecular formula is C12H15BrN2S. The minimum atomic E-state index is 0.400. The number of nitrogens with one attached hydrogen (secondary N) is 1. The number of halogens is 1. The lowest BCUT2D eigenvalue weighted by Crippen LogP contribution is -2.16. The van der Waals surface area contributed by atoms with Crippen molar-refractivity contribution in [1.29, 1.82) is 0 Å². The van der Waals surface area contributed by atoms with Crippen LogP contribution >= 0.6 is 27.3 Å². The Labute approximate surface area is 108 Å². The Morgan fingerprint density at radius 1 is 1.44 bits per heavy atom.